The van der Waals surface area contributed by atoms with E-state index in [1.54, 1.807) is 37.4 Å². The van der Waals surface area contributed by atoms with Gasteiger partial charge in [-0.05, 0) is 54.8 Å². The quantitative estimate of drug-likeness (QED) is 0.243. The van der Waals surface area contributed by atoms with E-state index in [9.17, 15) is 14.7 Å². The highest BCUT2D eigenvalue weighted by Crippen LogP contribution is 2.46. The molecule has 1 N–H and O–H groups in total. The number of ether oxygens (including phenoxy) is 5. The minimum Gasteiger partial charge on any atom is -0.507 e. The Labute approximate surface area is 210 Å². The van der Waals surface area contributed by atoms with Crippen molar-refractivity contribution in [2.24, 2.45) is 0 Å². The third kappa shape index (κ3) is 4.46. The van der Waals surface area contributed by atoms with E-state index in [-0.39, 0.29) is 24.0 Å². The molecule has 0 radical (unpaired) electrons. The fraction of sp³-hybridized carbons (Fsp3) is 0.407. The molecular weight excluding hydrogens is 466 g/mol. The number of methoxy groups -OCH3 is 4. The average molecular weight is 498 g/mol. The molecule has 192 valence electrons. The fourth-order valence-corrected chi connectivity index (χ4v) is 4.82. The number of hydrogen-bond donors (Lipinski definition) is 1. The Bertz CT molecular complexity index is 1180. The Kier molecular flexibility index (Phi) is 7.40. The van der Waals surface area contributed by atoms with Crippen molar-refractivity contribution in [1.29, 1.82) is 0 Å². The van der Waals surface area contributed by atoms with Gasteiger partial charge in [0.2, 0.25) is 5.75 Å². The van der Waals surface area contributed by atoms with Crippen LogP contribution < -0.4 is 18.9 Å². The number of benzene rings is 2. The van der Waals surface area contributed by atoms with Crippen molar-refractivity contribution in [3.05, 3.63) is 52.6 Å². The molecule has 0 saturated carbocycles. The van der Waals surface area contributed by atoms with Crippen LogP contribution >= 0.6 is 0 Å². The molecule has 36 heavy (non-hydrogen) atoms. The molecule has 1 amide bonds. The van der Waals surface area contributed by atoms with E-state index in [0.717, 1.165) is 11.3 Å². The zero-order valence-electron chi connectivity index (χ0n) is 21.1. The average Bonchev–Trinajstić information content (AvgIpc) is 3.38. The highest BCUT2D eigenvalue weighted by Gasteiger charge is 2.46. The third-order valence-electron chi connectivity index (χ3n) is 6.46. The van der Waals surface area contributed by atoms with Gasteiger partial charge in [0, 0.05) is 32.2 Å². The summed E-state index contributed by atoms with van der Waals surface area (Å²) in [4.78, 5) is 27.9. The van der Waals surface area contributed by atoms with Crippen LogP contribution in [0.4, 0.5) is 0 Å². The molecule has 0 aliphatic carbocycles. The van der Waals surface area contributed by atoms with E-state index in [4.69, 9.17) is 23.7 Å². The summed E-state index contributed by atoms with van der Waals surface area (Å²) < 4.78 is 27.3. The molecule has 0 bridgehead atoms. The van der Waals surface area contributed by atoms with Crippen molar-refractivity contribution in [2.45, 2.75) is 31.9 Å². The molecule has 1 saturated heterocycles. The largest absolute Gasteiger partial charge is 0.507 e. The first-order valence-corrected chi connectivity index (χ1v) is 11.7. The van der Waals surface area contributed by atoms with Crippen molar-refractivity contribution in [3.63, 3.8) is 0 Å². The molecule has 2 atom stereocenters. The number of Topliss-reactive ketones (excluding diaryl/α,β-unsaturated/α-hetero) is 1. The van der Waals surface area contributed by atoms with Gasteiger partial charge in [0.25, 0.3) is 11.7 Å². The molecule has 4 rings (SSSR count). The number of ketones is 1. The van der Waals surface area contributed by atoms with E-state index < -0.39 is 17.7 Å². The third-order valence-corrected chi connectivity index (χ3v) is 6.46. The predicted octanol–water partition coefficient (Wildman–Crippen LogP) is 3.49. The lowest BCUT2D eigenvalue weighted by Gasteiger charge is -2.26. The molecule has 1 fully saturated rings. The smallest absolute Gasteiger partial charge is 0.295 e. The molecule has 2 aromatic carbocycles. The monoisotopic (exact) mass is 497 g/mol. The molecule has 0 spiro atoms. The van der Waals surface area contributed by atoms with Gasteiger partial charge in [-0.15, -0.1) is 0 Å². The lowest BCUT2D eigenvalue weighted by atomic mass is 9.94. The van der Waals surface area contributed by atoms with Crippen molar-refractivity contribution in [3.8, 4) is 23.0 Å². The standard InChI is InChI=1S/C27H31NO8/c1-15-11-17-12-16(7-8-19(17)36-15)24(29)22-23(28(9-6-10-32-2)27(31)25(22)30)18-13-20(33-3)26(35-5)21(14-18)34-4/h7-8,12-15,23,29H,6,9-11H2,1-5H3/b24-22+. The van der Waals surface area contributed by atoms with Gasteiger partial charge in [0.05, 0.1) is 32.9 Å². The van der Waals surface area contributed by atoms with Crippen LogP contribution in [-0.4, -0.2) is 69.4 Å². The second-order valence-electron chi connectivity index (χ2n) is 8.75. The summed E-state index contributed by atoms with van der Waals surface area (Å²) in [6.07, 6.45) is 1.24. The van der Waals surface area contributed by atoms with Crippen molar-refractivity contribution >= 4 is 17.4 Å². The highest BCUT2D eigenvalue weighted by molar-refractivity contribution is 6.46. The molecule has 2 aromatic rings. The Morgan fingerprint density at radius 1 is 1.06 bits per heavy atom. The van der Waals surface area contributed by atoms with Crippen LogP contribution in [0, 0.1) is 0 Å². The van der Waals surface area contributed by atoms with Gasteiger partial charge in [0.15, 0.2) is 11.5 Å². The number of rotatable bonds is 9. The van der Waals surface area contributed by atoms with Gasteiger partial charge in [-0.3, -0.25) is 9.59 Å². The first-order valence-electron chi connectivity index (χ1n) is 11.7. The van der Waals surface area contributed by atoms with Crippen LogP contribution in [0.2, 0.25) is 0 Å². The fourth-order valence-electron chi connectivity index (χ4n) is 4.82. The number of aliphatic hydroxyl groups excluding tert-OH is 1. The molecule has 0 aromatic heterocycles. The Morgan fingerprint density at radius 2 is 1.75 bits per heavy atom. The Hall–Kier alpha value is -3.72. The van der Waals surface area contributed by atoms with E-state index in [1.807, 2.05) is 6.92 Å². The van der Waals surface area contributed by atoms with Crippen LogP contribution in [0.15, 0.2) is 35.9 Å². The summed E-state index contributed by atoms with van der Waals surface area (Å²) in [6, 6.07) is 7.78. The Morgan fingerprint density at radius 3 is 2.36 bits per heavy atom. The number of carbonyl (C=O) groups is 2. The predicted molar refractivity (Wildman–Crippen MR) is 132 cm³/mol. The van der Waals surface area contributed by atoms with E-state index in [0.29, 0.717) is 47.8 Å². The SMILES string of the molecule is COCCCN1C(=O)C(=O)/C(=C(/O)c2ccc3c(c2)CC(C)O3)C1c1cc(OC)c(OC)c(OC)c1. The molecular formula is C27H31NO8. The number of nitrogens with zero attached hydrogens (tertiary/aromatic N) is 1. The number of likely N-dealkylation sites (tertiary alicyclic amines) is 1. The minimum absolute atomic E-state index is 0.00129. The maximum absolute atomic E-state index is 13.3. The lowest BCUT2D eigenvalue weighted by Crippen LogP contribution is -2.31. The number of amides is 1. The summed E-state index contributed by atoms with van der Waals surface area (Å²) in [5, 5.41) is 11.4. The number of fused-ring (bicyclic) bond motifs is 1. The van der Waals surface area contributed by atoms with Crippen LogP contribution in [-0.2, 0) is 20.7 Å². The van der Waals surface area contributed by atoms with Gasteiger partial charge < -0.3 is 33.7 Å². The van der Waals surface area contributed by atoms with Crippen LogP contribution in [0.25, 0.3) is 5.76 Å². The van der Waals surface area contributed by atoms with E-state index in [1.165, 1.54) is 26.2 Å². The van der Waals surface area contributed by atoms with Crippen LogP contribution in [0.3, 0.4) is 0 Å². The van der Waals surface area contributed by atoms with Gasteiger partial charge in [0.1, 0.15) is 17.6 Å². The summed E-state index contributed by atoms with van der Waals surface area (Å²) in [5.41, 5.74) is 1.92. The van der Waals surface area contributed by atoms with Crippen molar-refractivity contribution in [2.75, 3.05) is 41.6 Å². The van der Waals surface area contributed by atoms with Gasteiger partial charge in [-0.25, -0.2) is 0 Å². The topological polar surface area (TPSA) is 104 Å². The maximum Gasteiger partial charge on any atom is 0.295 e. The lowest BCUT2D eigenvalue weighted by molar-refractivity contribution is -0.140. The van der Waals surface area contributed by atoms with Crippen LogP contribution in [0.5, 0.6) is 23.0 Å². The van der Waals surface area contributed by atoms with Crippen molar-refractivity contribution < 1.29 is 38.4 Å². The number of hydrogen-bond acceptors (Lipinski definition) is 8. The van der Waals surface area contributed by atoms with Gasteiger partial charge in [-0.1, -0.05) is 0 Å². The number of aliphatic hydroxyl groups is 1. The summed E-state index contributed by atoms with van der Waals surface area (Å²) in [6.45, 7) is 2.63. The molecule has 2 unspecified atom stereocenters. The van der Waals surface area contributed by atoms with Crippen LogP contribution in [0.1, 0.15) is 36.1 Å². The summed E-state index contributed by atoms with van der Waals surface area (Å²) in [7, 11) is 6.05. The summed E-state index contributed by atoms with van der Waals surface area (Å²) >= 11 is 0. The number of carbonyl (C=O) groups excluding carboxylic acids is 2. The van der Waals surface area contributed by atoms with Gasteiger partial charge >= 0.3 is 0 Å². The normalized spacial score (nSPS) is 20.3. The molecule has 2 aliphatic heterocycles. The van der Waals surface area contributed by atoms with E-state index >= 15 is 0 Å². The zero-order valence-corrected chi connectivity index (χ0v) is 21.1. The minimum atomic E-state index is -0.862. The second kappa shape index (κ2) is 10.5. The Balaban J connectivity index is 1.88. The zero-order chi connectivity index (χ0) is 26.0. The second-order valence-corrected chi connectivity index (χ2v) is 8.75. The molecule has 9 heteroatoms. The summed E-state index contributed by atoms with van der Waals surface area (Å²) in [5.74, 6) is 0.186. The van der Waals surface area contributed by atoms with E-state index in [2.05, 4.69) is 0 Å². The molecule has 9 nitrogen and oxygen atoms in total. The maximum atomic E-state index is 13.3. The van der Waals surface area contributed by atoms with Gasteiger partial charge in [-0.2, -0.15) is 0 Å². The first-order chi connectivity index (χ1) is 17.3. The molecule has 2 aliphatic rings. The van der Waals surface area contributed by atoms with Crippen molar-refractivity contribution in [1.82, 2.24) is 4.90 Å². The first kappa shape index (κ1) is 25.4. The molecule has 2 heterocycles. The highest BCUT2D eigenvalue weighted by atomic mass is 16.5.